The van der Waals surface area contributed by atoms with Gasteiger partial charge >= 0.3 is 0 Å². The van der Waals surface area contributed by atoms with Gasteiger partial charge in [0.25, 0.3) is 5.91 Å². The smallest absolute Gasteiger partial charge is 0.257 e. The van der Waals surface area contributed by atoms with E-state index in [1.54, 1.807) is 0 Å². The van der Waals surface area contributed by atoms with Gasteiger partial charge in [-0.2, -0.15) is 0 Å². The number of hydrogen-bond donors (Lipinski definition) is 1. The van der Waals surface area contributed by atoms with Crippen molar-refractivity contribution in [3.63, 3.8) is 0 Å². The molecule has 1 N–H and O–H groups in total. The van der Waals surface area contributed by atoms with Gasteiger partial charge in [-0.15, -0.1) is 0 Å². The minimum absolute atomic E-state index is 0.0536. The standard InChI is InChI=1S/C8H9Cl2NO/c9-8(10)5-3-1-2-4-6(5)11-7(8)12/h1,3,5-6H,2,4H2,(H,11,12)/t5-,6+/m1/s1. The summed E-state index contributed by atoms with van der Waals surface area (Å²) < 4.78 is -1.25. The highest BCUT2D eigenvalue weighted by atomic mass is 35.5. The first-order chi connectivity index (χ1) is 5.62. The van der Waals surface area contributed by atoms with Crippen molar-refractivity contribution < 1.29 is 4.79 Å². The van der Waals surface area contributed by atoms with Crippen LogP contribution in [0.15, 0.2) is 12.2 Å². The van der Waals surface area contributed by atoms with Gasteiger partial charge in [-0.1, -0.05) is 35.4 Å². The molecule has 1 amide bonds. The third-order valence-corrected chi connectivity index (χ3v) is 3.31. The van der Waals surface area contributed by atoms with Crippen molar-refractivity contribution in [1.82, 2.24) is 5.32 Å². The van der Waals surface area contributed by atoms with Crippen LogP contribution in [-0.4, -0.2) is 16.3 Å². The van der Waals surface area contributed by atoms with Crippen molar-refractivity contribution in [2.24, 2.45) is 5.92 Å². The third-order valence-electron chi connectivity index (χ3n) is 2.46. The van der Waals surface area contributed by atoms with E-state index < -0.39 is 4.33 Å². The summed E-state index contributed by atoms with van der Waals surface area (Å²) in [6, 6.07) is 0.137. The fourth-order valence-electron chi connectivity index (χ4n) is 1.78. The number of alkyl halides is 2. The molecule has 0 aromatic carbocycles. The van der Waals surface area contributed by atoms with Crippen molar-refractivity contribution >= 4 is 29.1 Å². The molecule has 4 heteroatoms. The zero-order chi connectivity index (χ0) is 8.77. The van der Waals surface area contributed by atoms with Crippen LogP contribution in [0.2, 0.25) is 0 Å². The van der Waals surface area contributed by atoms with Gasteiger partial charge in [0.05, 0.1) is 0 Å². The first kappa shape index (κ1) is 8.39. The lowest BCUT2D eigenvalue weighted by atomic mass is 9.91. The summed E-state index contributed by atoms with van der Waals surface area (Å²) in [5.74, 6) is -0.311. The number of carbonyl (C=O) groups is 1. The van der Waals surface area contributed by atoms with Crippen molar-refractivity contribution in [2.45, 2.75) is 23.2 Å². The van der Waals surface area contributed by atoms with Crippen LogP contribution in [0.3, 0.4) is 0 Å². The Bertz CT molecular complexity index is 249. The first-order valence-corrected chi connectivity index (χ1v) is 4.73. The van der Waals surface area contributed by atoms with Gasteiger partial charge in [-0.25, -0.2) is 0 Å². The number of rotatable bonds is 0. The van der Waals surface area contributed by atoms with E-state index in [0.717, 1.165) is 12.8 Å². The van der Waals surface area contributed by atoms with E-state index in [1.807, 2.05) is 12.2 Å². The normalized spacial score (nSPS) is 37.7. The average Bonchev–Trinajstić information content (AvgIpc) is 2.25. The van der Waals surface area contributed by atoms with Crippen LogP contribution < -0.4 is 5.32 Å². The molecule has 0 aromatic rings. The van der Waals surface area contributed by atoms with Crippen LogP contribution in [0.4, 0.5) is 0 Å². The maximum absolute atomic E-state index is 11.3. The molecule has 0 saturated carbocycles. The molecule has 1 heterocycles. The van der Waals surface area contributed by atoms with Crippen LogP contribution in [0.5, 0.6) is 0 Å². The zero-order valence-electron chi connectivity index (χ0n) is 6.39. The third kappa shape index (κ3) is 1.05. The highest BCUT2D eigenvalue weighted by molar-refractivity contribution is 6.59. The second-order valence-electron chi connectivity index (χ2n) is 3.23. The largest absolute Gasteiger partial charge is 0.350 e. The van der Waals surface area contributed by atoms with E-state index in [0.29, 0.717) is 0 Å². The molecule has 0 spiro atoms. The van der Waals surface area contributed by atoms with Crippen LogP contribution in [0, 0.1) is 5.92 Å². The van der Waals surface area contributed by atoms with Crippen molar-refractivity contribution in [3.8, 4) is 0 Å². The van der Waals surface area contributed by atoms with E-state index in [-0.39, 0.29) is 17.9 Å². The molecule has 1 aliphatic heterocycles. The summed E-state index contributed by atoms with van der Waals surface area (Å²) in [4.78, 5) is 11.3. The molecule has 0 radical (unpaired) electrons. The first-order valence-electron chi connectivity index (χ1n) is 3.98. The van der Waals surface area contributed by atoms with E-state index in [1.165, 1.54) is 0 Å². The number of fused-ring (bicyclic) bond motifs is 1. The summed E-state index contributed by atoms with van der Waals surface area (Å²) in [6.45, 7) is 0. The lowest BCUT2D eigenvalue weighted by molar-refractivity contribution is -0.120. The predicted octanol–water partition coefficient (Wildman–Crippen LogP) is 1.62. The van der Waals surface area contributed by atoms with Crippen LogP contribution in [-0.2, 0) is 4.79 Å². The number of amides is 1. The molecule has 12 heavy (non-hydrogen) atoms. The van der Waals surface area contributed by atoms with Crippen LogP contribution in [0.25, 0.3) is 0 Å². The van der Waals surface area contributed by atoms with E-state index in [4.69, 9.17) is 23.2 Å². The number of carbonyl (C=O) groups excluding carboxylic acids is 1. The zero-order valence-corrected chi connectivity index (χ0v) is 7.90. The minimum atomic E-state index is -1.25. The highest BCUT2D eigenvalue weighted by Gasteiger charge is 2.52. The number of allylic oxidation sites excluding steroid dienone is 1. The Morgan fingerprint density at radius 2 is 2.33 bits per heavy atom. The Balaban J connectivity index is 2.32. The molecule has 0 aromatic heterocycles. The maximum Gasteiger partial charge on any atom is 0.257 e. The Kier molecular flexibility index (Phi) is 1.85. The fourth-order valence-corrected chi connectivity index (χ4v) is 2.34. The van der Waals surface area contributed by atoms with Gasteiger partial charge in [0.15, 0.2) is 0 Å². The van der Waals surface area contributed by atoms with Gasteiger partial charge in [0.1, 0.15) is 0 Å². The Labute approximate surface area is 80.9 Å². The SMILES string of the molecule is O=C1N[C@H]2CCC=C[C@H]2C1(Cl)Cl. The number of halogens is 2. The molecule has 1 fully saturated rings. The highest BCUT2D eigenvalue weighted by Crippen LogP contribution is 2.41. The second-order valence-corrected chi connectivity index (χ2v) is 4.62. The summed E-state index contributed by atoms with van der Waals surface area (Å²) >= 11 is 11.8. The van der Waals surface area contributed by atoms with Crippen LogP contribution in [0.1, 0.15) is 12.8 Å². The molecule has 1 aliphatic carbocycles. The lowest BCUT2D eigenvalue weighted by Gasteiger charge is -2.23. The summed E-state index contributed by atoms with van der Waals surface area (Å²) in [5.41, 5.74) is 0. The second kappa shape index (κ2) is 2.64. The monoisotopic (exact) mass is 205 g/mol. The number of nitrogens with one attached hydrogen (secondary N) is 1. The minimum Gasteiger partial charge on any atom is -0.350 e. The molecular weight excluding hydrogens is 197 g/mol. The molecule has 2 rings (SSSR count). The van der Waals surface area contributed by atoms with Crippen molar-refractivity contribution in [2.75, 3.05) is 0 Å². The van der Waals surface area contributed by atoms with Gasteiger partial charge < -0.3 is 5.32 Å². The molecular formula is C8H9Cl2NO. The Morgan fingerprint density at radius 1 is 1.58 bits per heavy atom. The fraction of sp³-hybridized carbons (Fsp3) is 0.625. The Morgan fingerprint density at radius 3 is 3.00 bits per heavy atom. The van der Waals surface area contributed by atoms with E-state index in [2.05, 4.69) is 5.32 Å². The van der Waals surface area contributed by atoms with E-state index in [9.17, 15) is 4.79 Å². The summed E-state index contributed by atoms with van der Waals surface area (Å²) in [5, 5.41) is 2.79. The number of hydrogen-bond acceptors (Lipinski definition) is 1. The molecule has 2 atom stereocenters. The topological polar surface area (TPSA) is 29.1 Å². The van der Waals surface area contributed by atoms with Gasteiger partial charge in [0, 0.05) is 12.0 Å². The maximum atomic E-state index is 11.3. The lowest BCUT2D eigenvalue weighted by Crippen LogP contribution is -2.29. The van der Waals surface area contributed by atoms with Gasteiger partial charge in [-0.05, 0) is 12.8 Å². The quantitative estimate of drug-likeness (QED) is 0.473. The van der Waals surface area contributed by atoms with Gasteiger partial charge in [-0.3, -0.25) is 4.79 Å². The van der Waals surface area contributed by atoms with E-state index >= 15 is 0 Å². The van der Waals surface area contributed by atoms with Crippen LogP contribution >= 0.6 is 23.2 Å². The van der Waals surface area contributed by atoms with Crippen molar-refractivity contribution in [1.29, 1.82) is 0 Å². The summed E-state index contributed by atoms with van der Waals surface area (Å²) in [7, 11) is 0. The van der Waals surface area contributed by atoms with Gasteiger partial charge in [0.2, 0.25) is 4.33 Å². The molecule has 2 aliphatic rings. The van der Waals surface area contributed by atoms with Crippen molar-refractivity contribution in [3.05, 3.63) is 12.2 Å². The average molecular weight is 206 g/mol. The molecule has 2 nitrogen and oxygen atoms in total. The molecule has 66 valence electrons. The Hall–Kier alpha value is -0.210. The molecule has 0 bridgehead atoms. The molecule has 1 saturated heterocycles. The molecule has 0 unspecified atom stereocenters. The summed E-state index contributed by atoms with van der Waals surface area (Å²) in [6.07, 6.45) is 5.90. The predicted molar refractivity (Wildman–Crippen MR) is 48.2 cm³/mol.